The minimum Gasteiger partial charge on any atom is -0.457 e. The van der Waals surface area contributed by atoms with Crippen molar-refractivity contribution in [1.29, 1.82) is 0 Å². The number of ether oxygens (including phenoxy) is 1. The third-order valence-electron chi connectivity index (χ3n) is 4.73. The van der Waals surface area contributed by atoms with Crippen molar-refractivity contribution in [2.45, 2.75) is 18.2 Å². The Kier molecular flexibility index (Phi) is 8.98. The van der Waals surface area contributed by atoms with Gasteiger partial charge < -0.3 is 15.4 Å². The minimum atomic E-state index is -1.12. The third kappa shape index (κ3) is 7.70. The van der Waals surface area contributed by atoms with Crippen LogP contribution in [0, 0.1) is 6.92 Å². The van der Waals surface area contributed by atoms with E-state index >= 15 is 0 Å². The van der Waals surface area contributed by atoms with Crippen LogP contribution in [-0.2, 0) is 4.79 Å². The molecule has 0 fully saturated rings. The number of rotatable bonds is 9. The van der Waals surface area contributed by atoms with E-state index in [1.165, 1.54) is 0 Å². The maximum atomic E-state index is 13.1. The summed E-state index contributed by atoms with van der Waals surface area (Å²) in [4.78, 5) is 25.1. The second-order valence-electron chi connectivity index (χ2n) is 7.30. The van der Waals surface area contributed by atoms with Crippen LogP contribution in [0.4, 0.5) is 16.2 Å². The summed E-state index contributed by atoms with van der Waals surface area (Å²) < 4.78 is 5.84. The van der Waals surface area contributed by atoms with Crippen LogP contribution in [-0.4, -0.2) is 29.9 Å². The number of hydrogen-bond donors (Lipinski definition) is 2. The Morgan fingerprint density at radius 1 is 0.909 bits per heavy atom. The highest BCUT2D eigenvalue weighted by Crippen LogP contribution is 2.25. The van der Waals surface area contributed by atoms with Gasteiger partial charge in [0.15, 0.2) is 4.84 Å². The molecule has 2 N–H and O–H groups in total. The average molecular weight is 486 g/mol. The van der Waals surface area contributed by atoms with Crippen molar-refractivity contribution in [2.75, 3.05) is 23.3 Å². The van der Waals surface area contributed by atoms with E-state index in [9.17, 15) is 9.59 Å². The highest BCUT2D eigenvalue weighted by Gasteiger charge is 2.17. The van der Waals surface area contributed by atoms with Gasteiger partial charge in [-0.05, 0) is 61.9 Å². The zero-order chi connectivity index (χ0) is 23.6. The molecule has 0 bridgehead atoms. The molecule has 0 aliphatic heterocycles. The molecule has 3 amide bonds. The molecule has 0 unspecified atom stereocenters. The lowest BCUT2D eigenvalue weighted by molar-refractivity contribution is -0.119. The van der Waals surface area contributed by atoms with Crippen LogP contribution in [0.5, 0.6) is 11.5 Å². The molecule has 0 heterocycles. The predicted octanol–water partition coefficient (Wildman–Crippen LogP) is 6.14. The van der Waals surface area contributed by atoms with E-state index in [-0.39, 0.29) is 6.03 Å². The largest absolute Gasteiger partial charge is 0.457 e. The van der Waals surface area contributed by atoms with Crippen molar-refractivity contribution in [1.82, 2.24) is 5.32 Å². The van der Waals surface area contributed by atoms with Gasteiger partial charge in [0.05, 0.1) is 0 Å². The number of aryl methyl sites for hydroxylation is 1. The van der Waals surface area contributed by atoms with Gasteiger partial charge in [0.2, 0.25) is 0 Å². The van der Waals surface area contributed by atoms with Crippen LogP contribution in [0.3, 0.4) is 0 Å². The van der Waals surface area contributed by atoms with Crippen LogP contribution >= 0.6 is 23.2 Å². The first-order valence-corrected chi connectivity index (χ1v) is 11.3. The van der Waals surface area contributed by atoms with Crippen LogP contribution < -0.4 is 20.3 Å². The van der Waals surface area contributed by atoms with Gasteiger partial charge in [0, 0.05) is 24.5 Å². The third-order valence-corrected chi connectivity index (χ3v) is 5.13. The highest BCUT2D eigenvalue weighted by atomic mass is 35.5. The Morgan fingerprint density at radius 3 is 2.18 bits per heavy atom. The first-order valence-electron chi connectivity index (χ1n) is 10.5. The van der Waals surface area contributed by atoms with Crippen LogP contribution in [0.2, 0.25) is 0 Å². The zero-order valence-corrected chi connectivity index (χ0v) is 19.6. The summed E-state index contributed by atoms with van der Waals surface area (Å²) in [6.45, 7) is 2.68. The Labute approximate surface area is 203 Å². The summed E-state index contributed by atoms with van der Waals surface area (Å²) in [5.41, 5.74) is 2.49. The molecule has 6 nitrogen and oxygen atoms in total. The van der Waals surface area contributed by atoms with E-state index in [1.54, 1.807) is 4.90 Å². The maximum absolute atomic E-state index is 13.1. The molecule has 8 heteroatoms. The number of alkyl halides is 2. The summed E-state index contributed by atoms with van der Waals surface area (Å²) in [5.74, 6) is 0.926. The minimum absolute atomic E-state index is 0.283. The number of urea groups is 1. The van der Waals surface area contributed by atoms with E-state index in [0.29, 0.717) is 36.6 Å². The van der Waals surface area contributed by atoms with Gasteiger partial charge in [0.25, 0.3) is 5.91 Å². The van der Waals surface area contributed by atoms with Gasteiger partial charge in [-0.1, -0.05) is 59.1 Å². The lowest BCUT2D eigenvalue weighted by Gasteiger charge is -2.24. The van der Waals surface area contributed by atoms with Gasteiger partial charge in [-0.15, -0.1) is 0 Å². The number of carbonyl (C=O) groups is 2. The number of hydrogen-bond acceptors (Lipinski definition) is 3. The lowest BCUT2D eigenvalue weighted by Crippen LogP contribution is -2.38. The number of nitrogens with zero attached hydrogens (tertiary/aromatic N) is 1. The molecule has 0 spiro atoms. The van der Waals surface area contributed by atoms with Gasteiger partial charge in [-0.3, -0.25) is 9.69 Å². The molecular formula is C25H25Cl2N3O3. The van der Waals surface area contributed by atoms with E-state index < -0.39 is 10.7 Å². The van der Waals surface area contributed by atoms with Crippen molar-refractivity contribution >= 4 is 46.5 Å². The van der Waals surface area contributed by atoms with Crippen LogP contribution in [0.1, 0.15) is 12.0 Å². The quantitative estimate of drug-likeness (QED) is 0.282. The predicted molar refractivity (Wildman–Crippen MR) is 134 cm³/mol. The smallest absolute Gasteiger partial charge is 0.326 e. The fraction of sp³-hybridized carbons (Fsp3) is 0.200. The fourth-order valence-electron chi connectivity index (χ4n) is 3.02. The maximum Gasteiger partial charge on any atom is 0.326 e. The molecule has 0 saturated heterocycles. The molecular weight excluding hydrogens is 461 g/mol. The van der Waals surface area contributed by atoms with E-state index in [1.807, 2.05) is 85.8 Å². The molecule has 33 heavy (non-hydrogen) atoms. The molecule has 0 aromatic heterocycles. The standard InChI is InChI=1S/C25H25Cl2N3O3/c1-18-8-10-19(11-9-18)29-25(32)30(17-5-16-28-24(31)23(26)27)20-12-14-22(15-13-20)33-21-6-3-2-4-7-21/h2-4,6-15,23H,5,16-17H2,1H3,(H,28,31)(H,29,32). The van der Waals surface area contributed by atoms with Crippen molar-refractivity contribution < 1.29 is 14.3 Å². The summed E-state index contributed by atoms with van der Waals surface area (Å²) >= 11 is 11.1. The van der Waals surface area contributed by atoms with E-state index in [2.05, 4.69) is 10.6 Å². The van der Waals surface area contributed by atoms with Crippen molar-refractivity contribution in [3.63, 3.8) is 0 Å². The summed E-state index contributed by atoms with van der Waals surface area (Å²) in [5, 5.41) is 5.56. The summed E-state index contributed by atoms with van der Waals surface area (Å²) in [6, 6.07) is 24.0. The number of halogens is 2. The molecule has 172 valence electrons. The number of nitrogens with one attached hydrogen (secondary N) is 2. The summed E-state index contributed by atoms with van der Waals surface area (Å²) in [7, 11) is 0. The number of amides is 3. The Bertz CT molecular complexity index is 1040. The van der Waals surface area contributed by atoms with Gasteiger partial charge in [-0.25, -0.2) is 4.79 Å². The van der Waals surface area contributed by atoms with Gasteiger partial charge in [0.1, 0.15) is 11.5 Å². The Balaban J connectivity index is 1.70. The molecule has 0 radical (unpaired) electrons. The summed E-state index contributed by atoms with van der Waals surface area (Å²) in [6.07, 6.45) is 0.510. The van der Waals surface area contributed by atoms with E-state index in [0.717, 1.165) is 11.3 Å². The molecule has 0 atom stereocenters. The molecule has 0 saturated carbocycles. The van der Waals surface area contributed by atoms with Crippen LogP contribution in [0.25, 0.3) is 0 Å². The number of anilines is 2. The van der Waals surface area contributed by atoms with Gasteiger partial charge >= 0.3 is 6.03 Å². The normalized spacial score (nSPS) is 10.5. The van der Waals surface area contributed by atoms with Crippen molar-refractivity contribution in [3.8, 4) is 11.5 Å². The number of benzene rings is 3. The van der Waals surface area contributed by atoms with Crippen molar-refractivity contribution in [2.24, 2.45) is 0 Å². The van der Waals surface area contributed by atoms with E-state index in [4.69, 9.17) is 27.9 Å². The Morgan fingerprint density at radius 2 is 1.55 bits per heavy atom. The lowest BCUT2D eigenvalue weighted by atomic mass is 10.2. The second kappa shape index (κ2) is 12.1. The molecule has 0 aliphatic rings. The van der Waals surface area contributed by atoms with Crippen LogP contribution in [0.15, 0.2) is 78.9 Å². The number of para-hydroxylation sites is 1. The molecule has 3 rings (SSSR count). The topological polar surface area (TPSA) is 70.7 Å². The van der Waals surface area contributed by atoms with Gasteiger partial charge in [-0.2, -0.15) is 0 Å². The molecule has 3 aromatic carbocycles. The second-order valence-corrected chi connectivity index (χ2v) is 8.40. The fourth-order valence-corrected chi connectivity index (χ4v) is 3.17. The first kappa shape index (κ1) is 24.4. The SMILES string of the molecule is Cc1ccc(NC(=O)N(CCCNC(=O)C(Cl)Cl)c2ccc(Oc3ccccc3)cc2)cc1. The molecule has 3 aromatic rings. The molecule has 0 aliphatic carbocycles. The highest BCUT2D eigenvalue weighted by molar-refractivity contribution is 6.53. The average Bonchev–Trinajstić information content (AvgIpc) is 2.81. The zero-order valence-electron chi connectivity index (χ0n) is 18.1. The number of carbonyl (C=O) groups excluding carboxylic acids is 2. The first-order chi connectivity index (χ1) is 15.9. The Hall–Kier alpha value is -3.22. The monoisotopic (exact) mass is 485 g/mol. The van der Waals surface area contributed by atoms with Crippen molar-refractivity contribution in [3.05, 3.63) is 84.4 Å².